The smallest absolute Gasteiger partial charge is 0.248 e. The molecule has 106 valence electrons. The van der Waals surface area contributed by atoms with Crippen LogP contribution in [0.25, 0.3) is 0 Å². The van der Waals surface area contributed by atoms with Gasteiger partial charge >= 0.3 is 0 Å². The number of aliphatic hydroxyl groups is 1. The Morgan fingerprint density at radius 1 is 1.53 bits per heavy atom. The van der Waals surface area contributed by atoms with Gasteiger partial charge in [0.2, 0.25) is 5.91 Å². The molecule has 0 fully saturated rings. The first-order valence-electron chi connectivity index (χ1n) is 6.44. The number of nitrogens with two attached hydrogens (primary N) is 1. The molecule has 0 radical (unpaired) electrons. The lowest BCUT2D eigenvalue weighted by molar-refractivity contribution is 0.100. The van der Waals surface area contributed by atoms with E-state index in [1.807, 2.05) is 13.0 Å². The zero-order valence-corrected chi connectivity index (χ0v) is 11.9. The van der Waals surface area contributed by atoms with E-state index in [9.17, 15) is 4.79 Å². The van der Waals surface area contributed by atoms with Gasteiger partial charge in [-0.2, -0.15) is 0 Å². The number of carbonyl (C=O) groups is 1. The van der Waals surface area contributed by atoms with E-state index in [-0.39, 0.29) is 6.61 Å². The number of halogens is 1. The van der Waals surface area contributed by atoms with Crippen LogP contribution in [0, 0.1) is 5.92 Å². The lowest BCUT2D eigenvalue weighted by atomic mass is 10.1. The minimum atomic E-state index is -0.473. The number of hydrogen-bond acceptors (Lipinski definition) is 3. The predicted octanol–water partition coefficient (Wildman–Crippen LogP) is 1.94. The Morgan fingerprint density at radius 3 is 2.84 bits per heavy atom. The van der Waals surface area contributed by atoms with Gasteiger partial charge < -0.3 is 16.2 Å². The molecule has 1 atom stereocenters. The summed E-state index contributed by atoms with van der Waals surface area (Å²) >= 11 is 6.08. The molecule has 0 saturated carbocycles. The van der Waals surface area contributed by atoms with Crippen LogP contribution in [0.3, 0.4) is 0 Å². The van der Waals surface area contributed by atoms with E-state index in [0.29, 0.717) is 23.0 Å². The average Bonchev–Trinajstić information content (AvgIpc) is 2.39. The molecule has 4 nitrogen and oxygen atoms in total. The second-order valence-corrected chi connectivity index (χ2v) is 5.18. The predicted molar refractivity (Wildman–Crippen MR) is 77.2 cm³/mol. The fourth-order valence-corrected chi connectivity index (χ4v) is 1.98. The Labute approximate surface area is 118 Å². The van der Waals surface area contributed by atoms with Crippen molar-refractivity contribution >= 4 is 17.5 Å². The first-order chi connectivity index (χ1) is 9.04. The molecular weight excluding hydrogens is 264 g/mol. The Morgan fingerprint density at radius 2 is 2.26 bits per heavy atom. The SMILES string of the molecule is CC(CO)CCCNCc1ccc(C(N)=O)cc1Cl. The highest BCUT2D eigenvalue weighted by molar-refractivity contribution is 6.31. The number of nitrogens with one attached hydrogen (secondary N) is 1. The van der Waals surface area contributed by atoms with Gasteiger partial charge in [0.15, 0.2) is 0 Å². The van der Waals surface area contributed by atoms with Crippen molar-refractivity contribution in [1.29, 1.82) is 0 Å². The normalized spacial score (nSPS) is 12.4. The highest BCUT2D eigenvalue weighted by Crippen LogP contribution is 2.17. The molecule has 0 saturated heterocycles. The van der Waals surface area contributed by atoms with Gasteiger partial charge in [-0.15, -0.1) is 0 Å². The lowest BCUT2D eigenvalue weighted by Gasteiger charge is -2.09. The number of primary amides is 1. The van der Waals surface area contributed by atoms with Crippen LogP contribution in [0.2, 0.25) is 5.02 Å². The quantitative estimate of drug-likeness (QED) is 0.639. The standard InChI is InChI=1S/C14H21ClN2O2/c1-10(9-18)3-2-6-17-8-12-5-4-11(14(16)19)7-13(12)15/h4-5,7,10,17-18H,2-3,6,8-9H2,1H3,(H2,16,19). The van der Waals surface area contributed by atoms with Gasteiger partial charge in [0.25, 0.3) is 0 Å². The number of rotatable bonds is 8. The first-order valence-corrected chi connectivity index (χ1v) is 6.82. The molecule has 1 rings (SSSR count). The maximum absolute atomic E-state index is 11.0. The maximum atomic E-state index is 11.0. The van der Waals surface area contributed by atoms with Crippen LogP contribution in [0.15, 0.2) is 18.2 Å². The highest BCUT2D eigenvalue weighted by Gasteiger charge is 2.05. The van der Waals surface area contributed by atoms with E-state index in [0.717, 1.165) is 24.9 Å². The van der Waals surface area contributed by atoms with E-state index >= 15 is 0 Å². The summed E-state index contributed by atoms with van der Waals surface area (Å²) in [7, 11) is 0. The molecule has 0 heterocycles. The Bertz CT molecular complexity index is 424. The highest BCUT2D eigenvalue weighted by atomic mass is 35.5. The molecular formula is C14H21ClN2O2. The number of amides is 1. The summed E-state index contributed by atoms with van der Waals surface area (Å²) in [6.45, 7) is 3.80. The molecule has 0 aliphatic heterocycles. The van der Waals surface area contributed by atoms with Crippen molar-refractivity contribution in [1.82, 2.24) is 5.32 Å². The second kappa shape index (κ2) is 8.15. The molecule has 0 spiro atoms. The van der Waals surface area contributed by atoms with Crippen LogP contribution >= 0.6 is 11.6 Å². The topological polar surface area (TPSA) is 75.3 Å². The van der Waals surface area contributed by atoms with Gasteiger partial charge in [-0.25, -0.2) is 0 Å². The summed E-state index contributed by atoms with van der Waals surface area (Å²) < 4.78 is 0. The van der Waals surface area contributed by atoms with Crippen molar-refractivity contribution in [2.75, 3.05) is 13.2 Å². The third-order valence-corrected chi connectivity index (χ3v) is 3.37. The van der Waals surface area contributed by atoms with Gasteiger partial charge in [0, 0.05) is 23.7 Å². The molecule has 0 aliphatic rings. The summed E-state index contributed by atoms with van der Waals surface area (Å²) in [4.78, 5) is 11.0. The molecule has 5 heteroatoms. The second-order valence-electron chi connectivity index (χ2n) is 4.78. The van der Waals surface area contributed by atoms with Crippen LogP contribution in [-0.2, 0) is 6.54 Å². The zero-order valence-electron chi connectivity index (χ0n) is 11.2. The van der Waals surface area contributed by atoms with Crippen LogP contribution in [-0.4, -0.2) is 24.2 Å². The van der Waals surface area contributed by atoms with Gasteiger partial charge in [-0.05, 0) is 43.0 Å². The molecule has 0 aromatic heterocycles. The summed E-state index contributed by atoms with van der Waals surface area (Å²) in [5.74, 6) is -0.125. The van der Waals surface area contributed by atoms with Crippen molar-refractivity contribution < 1.29 is 9.90 Å². The summed E-state index contributed by atoms with van der Waals surface area (Å²) in [5, 5.41) is 12.7. The third kappa shape index (κ3) is 5.59. The van der Waals surface area contributed by atoms with E-state index in [2.05, 4.69) is 5.32 Å². The number of hydrogen-bond donors (Lipinski definition) is 3. The van der Waals surface area contributed by atoms with Crippen molar-refractivity contribution in [3.8, 4) is 0 Å². The van der Waals surface area contributed by atoms with Crippen LogP contribution in [0.5, 0.6) is 0 Å². The lowest BCUT2D eigenvalue weighted by Crippen LogP contribution is -2.17. The number of carbonyl (C=O) groups excluding carboxylic acids is 1. The van der Waals surface area contributed by atoms with Gasteiger partial charge in [-0.1, -0.05) is 24.6 Å². The van der Waals surface area contributed by atoms with Crippen LogP contribution < -0.4 is 11.1 Å². The molecule has 1 unspecified atom stereocenters. The van der Waals surface area contributed by atoms with Crippen molar-refractivity contribution in [3.63, 3.8) is 0 Å². The number of aliphatic hydroxyl groups excluding tert-OH is 1. The zero-order chi connectivity index (χ0) is 14.3. The van der Waals surface area contributed by atoms with Gasteiger partial charge in [-0.3, -0.25) is 4.79 Å². The molecule has 19 heavy (non-hydrogen) atoms. The van der Waals surface area contributed by atoms with Crippen molar-refractivity contribution in [2.24, 2.45) is 11.7 Å². The van der Waals surface area contributed by atoms with E-state index < -0.39 is 5.91 Å². The van der Waals surface area contributed by atoms with Crippen molar-refractivity contribution in [3.05, 3.63) is 34.3 Å². The van der Waals surface area contributed by atoms with E-state index in [1.54, 1.807) is 12.1 Å². The van der Waals surface area contributed by atoms with Crippen LogP contribution in [0.4, 0.5) is 0 Å². The Balaban J connectivity index is 2.35. The molecule has 1 aromatic rings. The van der Waals surface area contributed by atoms with Gasteiger partial charge in [0.1, 0.15) is 0 Å². The third-order valence-electron chi connectivity index (χ3n) is 3.02. The first kappa shape index (κ1) is 16.0. The summed E-state index contributed by atoms with van der Waals surface area (Å²) in [6, 6.07) is 5.08. The minimum Gasteiger partial charge on any atom is -0.396 e. The minimum absolute atomic E-state index is 0.237. The van der Waals surface area contributed by atoms with E-state index in [1.165, 1.54) is 0 Å². The fraction of sp³-hybridized carbons (Fsp3) is 0.500. The Kier molecular flexibility index (Phi) is 6.84. The fourth-order valence-electron chi connectivity index (χ4n) is 1.73. The largest absolute Gasteiger partial charge is 0.396 e. The van der Waals surface area contributed by atoms with Crippen molar-refractivity contribution in [2.45, 2.75) is 26.3 Å². The average molecular weight is 285 g/mol. The molecule has 1 amide bonds. The molecule has 1 aromatic carbocycles. The Hall–Kier alpha value is -1.10. The monoisotopic (exact) mass is 284 g/mol. The van der Waals surface area contributed by atoms with E-state index in [4.69, 9.17) is 22.4 Å². The maximum Gasteiger partial charge on any atom is 0.248 e. The number of benzene rings is 1. The summed E-state index contributed by atoms with van der Waals surface area (Å²) in [5.41, 5.74) is 6.55. The van der Waals surface area contributed by atoms with Gasteiger partial charge in [0.05, 0.1) is 0 Å². The van der Waals surface area contributed by atoms with Crippen LogP contribution in [0.1, 0.15) is 35.7 Å². The summed E-state index contributed by atoms with van der Waals surface area (Å²) in [6.07, 6.45) is 2.01. The molecule has 0 bridgehead atoms. The molecule has 0 aliphatic carbocycles. The molecule has 4 N–H and O–H groups in total.